The maximum absolute atomic E-state index is 12.4. The molecule has 160 valence electrons. The number of benzene rings is 2. The zero-order valence-electron chi connectivity index (χ0n) is 16.9. The Balaban J connectivity index is 2.06. The summed E-state index contributed by atoms with van der Waals surface area (Å²) in [6.45, 7) is 3.83. The number of alkyl halides is 3. The lowest BCUT2D eigenvalue weighted by Crippen LogP contribution is -2.27. The maximum atomic E-state index is 12.4. The molecule has 9 heteroatoms. The Bertz CT molecular complexity index is 1170. The number of nitriles is 1. The highest BCUT2D eigenvalue weighted by molar-refractivity contribution is 5.96. The minimum atomic E-state index is -4.77. The summed E-state index contributed by atoms with van der Waals surface area (Å²) in [5.74, 6) is -0.562. The van der Waals surface area contributed by atoms with Crippen LogP contribution in [0, 0.1) is 11.3 Å². The van der Waals surface area contributed by atoms with Crippen LogP contribution in [0.5, 0.6) is 5.75 Å². The number of imidazole rings is 1. The Kier molecular flexibility index (Phi) is 6.02. The molecule has 1 amide bonds. The van der Waals surface area contributed by atoms with Gasteiger partial charge in [0.1, 0.15) is 11.8 Å². The Morgan fingerprint density at radius 2 is 2.03 bits per heavy atom. The van der Waals surface area contributed by atoms with Crippen LogP contribution in [-0.4, -0.2) is 40.3 Å². The van der Waals surface area contributed by atoms with E-state index < -0.39 is 6.36 Å². The third-order valence-corrected chi connectivity index (χ3v) is 4.85. The second kappa shape index (κ2) is 8.52. The Morgan fingerprint density at radius 3 is 2.61 bits per heavy atom. The first-order valence-electron chi connectivity index (χ1n) is 9.25. The standard InChI is InChI=1S/C22H19F3N4O2/c1-4-19(30)28(2)10-9-15-11-17(20-21(18(15)12-26)29(3)13-27-20)14-5-7-16(8-6-14)31-22(23,24)25/h4-8,11,13H,1,9-10H2,2-3H3. The number of carbonyl (C=O) groups is 1. The van der Waals surface area contributed by atoms with Crippen LogP contribution >= 0.6 is 0 Å². The van der Waals surface area contributed by atoms with Gasteiger partial charge in [0.15, 0.2) is 0 Å². The van der Waals surface area contributed by atoms with Gasteiger partial charge < -0.3 is 14.2 Å². The lowest BCUT2D eigenvalue weighted by atomic mass is 9.95. The lowest BCUT2D eigenvalue weighted by Gasteiger charge is -2.17. The van der Waals surface area contributed by atoms with Crippen molar-refractivity contribution in [3.63, 3.8) is 0 Å². The first-order valence-corrected chi connectivity index (χ1v) is 9.25. The molecule has 0 aliphatic heterocycles. The zero-order chi connectivity index (χ0) is 22.8. The van der Waals surface area contributed by atoms with Crippen molar-refractivity contribution in [1.82, 2.24) is 14.5 Å². The van der Waals surface area contributed by atoms with Crippen molar-refractivity contribution >= 4 is 16.9 Å². The molecule has 6 nitrogen and oxygen atoms in total. The molecule has 31 heavy (non-hydrogen) atoms. The van der Waals surface area contributed by atoms with Gasteiger partial charge in [-0.1, -0.05) is 18.7 Å². The van der Waals surface area contributed by atoms with Crippen LogP contribution in [0.1, 0.15) is 11.1 Å². The number of hydrogen-bond donors (Lipinski definition) is 0. The number of fused-ring (bicyclic) bond motifs is 1. The van der Waals surface area contributed by atoms with Gasteiger partial charge >= 0.3 is 6.36 Å². The zero-order valence-corrected chi connectivity index (χ0v) is 16.9. The number of likely N-dealkylation sites (N-methyl/N-ethyl adjacent to an activating group) is 1. The first-order chi connectivity index (χ1) is 14.6. The molecule has 0 N–H and O–H groups in total. The number of nitrogens with zero attached hydrogens (tertiary/aromatic N) is 4. The van der Waals surface area contributed by atoms with E-state index in [0.717, 1.165) is 0 Å². The van der Waals surface area contributed by atoms with E-state index in [1.54, 1.807) is 31.1 Å². The van der Waals surface area contributed by atoms with Gasteiger partial charge in [-0.25, -0.2) is 4.98 Å². The first kappa shape index (κ1) is 21.9. The van der Waals surface area contributed by atoms with Crippen molar-refractivity contribution in [1.29, 1.82) is 5.26 Å². The minimum Gasteiger partial charge on any atom is -0.406 e. The fraction of sp³-hybridized carbons (Fsp3) is 0.227. The molecule has 0 saturated heterocycles. The van der Waals surface area contributed by atoms with Crippen LogP contribution < -0.4 is 4.74 Å². The summed E-state index contributed by atoms with van der Waals surface area (Å²) in [7, 11) is 3.40. The number of carbonyl (C=O) groups excluding carboxylic acids is 1. The van der Waals surface area contributed by atoms with Crippen LogP contribution in [0.2, 0.25) is 0 Å². The molecule has 2 aromatic carbocycles. The number of aryl methyl sites for hydroxylation is 1. The van der Waals surface area contributed by atoms with Gasteiger partial charge in [-0.3, -0.25) is 4.79 Å². The second-order valence-electron chi connectivity index (χ2n) is 6.91. The number of hydrogen-bond acceptors (Lipinski definition) is 4. The van der Waals surface area contributed by atoms with E-state index in [0.29, 0.717) is 46.3 Å². The summed E-state index contributed by atoms with van der Waals surface area (Å²) in [5, 5.41) is 9.77. The molecular formula is C22H19F3N4O2. The summed E-state index contributed by atoms with van der Waals surface area (Å²) in [6.07, 6.45) is -1.58. The number of halogens is 3. The molecule has 1 heterocycles. The van der Waals surface area contributed by atoms with Gasteiger partial charge in [-0.2, -0.15) is 5.26 Å². The van der Waals surface area contributed by atoms with E-state index in [1.165, 1.54) is 35.2 Å². The average Bonchev–Trinajstić information content (AvgIpc) is 3.11. The molecule has 0 unspecified atom stereocenters. The summed E-state index contributed by atoms with van der Waals surface area (Å²) in [5.41, 5.74) is 3.61. The van der Waals surface area contributed by atoms with Gasteiger partial charge in [0.25, 0.3) is 0 Å². The average molecular weight is 428 g/mol. The minimum absolute atomic E-state index is 0.236. The summed E-state index contributed by atoms with van der Waals surface area (Å²) < 4.78 is 43.0. The van der Waals surface area contributed by atoms with Crippen LogP contribution in [0.3, 0.4) is 0 Å². The molecule has 3 rings (SSSR count). The predicted octanol–water partition coefficient (Wildman–Crippen LogP) is 4.20. The van der Waals surface area contributed by atoms with E-state index in [1.807, 2.05) is 0 Å². The summed E-state index contributed by atoms with van der Waals surface area (Å²) in [4.78, 5) is 17.6. The Hall–Kier alpha value is -3.80. The molecular weight excluding hydrogens is 409 g/mol. The lowest BCUT2D eigenvalue weighted by molar-refractivity contribution is -0.274. The topological polar surface area (TPSA) is 71.2 Å². The second-order valence-corrected chi connectivity index (χ2v) is 6.91. The van der Waals surface area contributed by atoms with E-state index >= 15 is 0 Å². The summed E-state index contributed by atoms with van der Waals surface area (Å²) in [6, 6.07) is 9.48. The number of rotatable bonds is 6. The Morgan fingerprint density at radius 1 is 1.35 bits per heavy atom. The van der Waals surface area contributed by atoms with E-state index in [4.69, 9.17) is 0 Å². The third-order valence-electron chi connectivity index (χ3n) is 4.85. The molecule has 3 aromatic rings. The molecule has 0 aliphatic rings. The largest absolute Gasteiger partial charge is 0.573 e. The van der Waals surface area contributed by atoms with Crippen molar-refractivity contribution in [3.05, 3.63) is 60.4 Å². The van der Waals surface area contributed by atoms with Crippen LogP contribution in [0.25, 0.3) is 22.2 Å². The van der Waals surface area contributed by atoms with Crippen molar-refractivity contribution in [2.75, 3.05) is 13.6 Å². The number of amides is 1. The van der Waals surface area contributed by atoms with Gasteiger partial charge in [0, 0.05) is 26.2 Å². The van der Waals surface area contributed by atoms with Crippen molar-refractivity contribution in [2.45, 2.75) is 12.8 Å². The predicted molar refractivity (Wildman–Crippen MR) is 109 cm³/mol. The SMILES string of the molecule is C=CC(=O)N(C)CCc1cc(-c2ccc(OC(F)(F)F)cc2)c2ncn(C)c2c1C#N. The van der Waals surface area contributed by atoms with Gasteiger partial charge in [-0.15, -0.1) is 13.2 Å². The van der Waals surface area contributed by atoms with Gasteiger partial charge in [-0.05, 0) is 41.8 Å². The molecule has 0 aliphatic carbocycles. The molecule has 0 fully saturated rings. The highest BCUT2D eigenvalue weighted by atomic mass is 19.4. The molecule has 0 radical (unpaired) electrons. The van der Waals surface area contributed by atoms with E-state index in [9.17, 15) is 23.2 Å². The normalized spacial score (nSPS) is 11.2. The fourth-order valence-electron chi connectivity index (χ4n) is 3.32. The molecule has 0 bridgehead atoms. The number of ether oxygens (including phenoxy) is 1. The van der Waals surface area contributed by atoms with E-state index in [2.05, 4.69) is 22.4 Å². The van der Waals surface area contributed by atoms with Crippen LogP contribution in [0.4, 0.5) is 13.2 Å². The van der Waals surface area contributed by atoms with Crippen molar-refractivity contribution in [2.24, 2.45) is 7.05 Å². The van der Waals surface area contributed by atoms with Gasteiger partial charge in [0.05, 0.1) is 22.9 Å². The molecule has 0 atom stereocenters. The highest BCUT2D eigenvalue weighted by Gasteiger charge is 2.31. The quantitative estimate of drug-likeness (QED) is 0.552. The molecule has 1 aromatic heterocycles. The van der Waals surface area contributed by atoms with Gasteiger partial charge in [0.2, 0.25) is 5.91 Å². The smallest absolute Gasteiger partial charge is 0.406 e. The fourth-order valence-corrected chi connectivity index (χ4v) is 3.32. The Labute approximate surface area is 176 Å². The number of aromatic nitrogens is 2. The molecule has 0 saturated carbocycles. The van der Waals surface area contributed by atoms with Crippen molar-refractivity contribution in [3.8, 4) is 22.9 Å². The highest BCUT2D eigenvalue weighted by Crippen LogP contribution is 2.34. The molecule has 0 spiro atoms. The van der Waals surface area contributed by atoms with E-state index in [-0.39, 0.29) is 11.7 Å². The van der Waals surface area contributed by atoms with Crippen LogP contribution in [-0.2, 0) is 18.3 Å². The van der Waals surface area contributed by atoms with Crippen molar-refractivity contribution < 1.29 is 22.7 Å². The maximum Gasteiger partial charge on any atom is 0.573 e. The van der Waals surface area contributed by atoms with Crippen LogP contribution in [0.15, 0.2) is 49.3 Å². The monoisotopic (exact) mass is 428 g/mol. The third kappa shape index (κ3) is 4.69. The summed E-state index contributed by atoms with van der Waals surface area (Å²) >= 11 is 0.